The van der Waals surface area contributed by atoms with Crippen LogP contribution >= 0.6 is 11.8 Å². The fraction of sp³-hybridized carbons (Fsp3) is 0.583. The van der Waals surface area contributed by atoms with E-state index in [-0.39, 0.29) is 120 Å². The van der Waals surface area contributed by atoms with Gasteiger partial charge in [0.25, 0.3) is 0 Å². The number of primary amides is 1. The number of carbonyl (C=O) groups excluding carboxylic acids is 10. The number of thioether (sulfide) groups is 1. The van der Waals surface area contributed by atoms with Crippen molar-refractivity contribution < 1.29 is 67.3 Å². The van der Waals surface area contributed by atoms with Gasteiger partial charge in [0.2, 0.25) is 47.3 Å². The number of aliphatic hydroxyl groups excluding tert-OH is 1. The molecule has 3 aliphatic rings. The van der Waals surface area contributed by atoms with Gasteiger partial charge in [-0.2, -0.15) is 11.8 Å². The number of aliphatic hydroxyl groups is 1. The van der Waals surface area contributed by atoms with Crippen LogP contribution in [0.4, 0.5) is 4.79 Å². The van der Waals surface area contributed by atoms with Gasteiger partial charge in [-0.3, -0.25) is 52.8 Å². The molecule has 1 aromatic heterocycles. The molecule has 0 spiro atoms. The monoisotopic (exact) mass is 1290 g/mol. The van der Waals surface area contributed by atoms with Crippen LogP contribution in [0.3, 0.4) is 0 Å². The van der Waals surface area contributed by atoms with Crippen molar-refractivity contribution >= 4 is 76.8 Å². The van der Waals surface area contributed by atoms with Crippen LogP contribution < -0.4 is 65.1 Å². The Balaban J connectivity index is 1.11. The van der Waals surface area contributed by atoms with E-state index in [9.17, 15) is 53.1 Å². The lowest BCUT2D eigenvalue weighted by atomic mass is 9.89. The second-order valence-electron chi connectivity index (χ2n) is 22.5. The van der Waals surface area contributed by atoms with Crippen molar-refractivity contribution in [3.05, 3.63) is 83.7 Å². The summed E-state index contributed by atoms with van der Waals surface area (Å²) in [6, 6.07) is 9.64. The lowest BCUT2D eigenvalue weighted by Crippen LogP contribution is -2.57. The molecule has 2 saturated heterocycles. The van der Waals surface area contributed by atoms with Crippen molar-refractivity contribution in [3.8, 4) is 0 Å². The minimum Gasteiger partial charge on any atom is -0.394 e. The Labute approximate surface area is 532 Å². The standard InChI is InChI=1S/C60H88N16O14S/c1-37-54(82)71-46(34-77)58(86)69-43(53(61)81)17-10-11-23-76-33-41(74-75-76)32-45(67-51(80)35-90-28-27-89-26-25-88-24-22-64-50(79)20-9-8-19-49-52-47(36-91-49)72-60(87)73-52)57(85)70-44(30-39-15-6-3-7-16-39)56(84)68-42(18-12-21-65-59(62)63)48(78)31-40(55(83)66-37)29-38-13-4-2-5-14-38/h2-7,13-16,33,37,40,42-47,49,52,77H,8-12,17-32,34-36H2,1H3,(H2,61,81)(H,64,79)(H,66,83)(H,67,80)(H,68,84)(H,69,86)(H,70,85)(H,71,82)(H4,62,63,65)(H2,72,73,87)/t37-,40+,42-,43+,44-,45+,46-,47+,49+,52+/m1/s1. The number of hydrogen-bond acceptors (Lipinski definition) is 18. The third kappa shape index (κ3) is 25.5. The number of benzene rings is 2. The lowest BCUT2D eigenvalue weighted by Gasteiger charge is -2.26. The number of nitrogens with zero attached hydrogens (tertiary/aromatic N) is 4. The normalized spacial score (nSPS) is 24.0. The second kappa shape index (κ2) is 38.4. The summed E-state index contributed by atoms with van der Waals surface area (Å²) in [6.45, 7) is 1.43. The Morgan fingerprint density at radius 1 is 0.703 bits per heavy atom. The van der Waals surface area contributed by atoms with Gasteiger partial charge in [-0.25, -0.2) is 4.79 Å². The number of aryl methyl sites for hydroxylation is 1. The number of aliphatic imine (C=N–C) groups is 1. The van der Waals surface area contributed by atoms with E-state index in [0.29, 0.717) is 42.2 Å². The van der Waals surface area contributed by atoms with Crippen LogP contribution in [0.2, 0.25) is 0 Å². The maximum absolute atomic E-state index is 14.7. The van der Waals surface area contributed by atoms with E-state index in [0.717, 1.165) is 25.0 Å². The molecule has 10 atom stereocenters. The molecule has 4 heterocycles. The zero-order valence-corrected chi connectivity index (χ0v) is 52.1. The predicted octanol–water partition coefficient (Wildman–Crippen LogP) is -2.58. The minimum atomic E-state index is -1.55. The third-order valence-electron chi connectivity index (χ3n) is 15.3. The Bertz CT molecular complexity index is 2910. The number of hydrogen-bond donors (Lipinski definition) is 13. The highest BCUT2D eigenvalue weighted by Crippen LogP contribution is 2.33. The summed E-state index contributed by atoms with van der Waals surface area (Å²) in [4.78, 5) is 139. The van der Waals surface area contributed by atoms with Crippen LogP contribution in [0.5, 0.6) is 0 Å². The molecular formula is C60H88N16O14S. The van der Waals surface area contributed by atoms with Gasteiger partial charge in [-0.1, -0.05) is 72.3 Å². The largest absolute Gasteiger partial charge is 0.394 e. The molecule has 498 valence electrons. The van der Waals surface area contributed by atoms with E-state index in [2.05, 4.69) is 63.2 Å². The molecule has 3 aliphatic heterocycles. The highest BCUT2D eigenvalue weighted by Gasteiger charge is 2.43. The van der Waals surface area contributed by atoms with Gasteiger partial charge in [0.05, 0.1) is 63.5 Å². The first kappa shape index (κ1) is 71.8. The molecule has 30 nitrogen and oxygen atoms in total. The quantitative estimate of drug-likeness (QED) is 0.0161. The van der Waals surface area contributed by atoms with Crippen molar-refractivity contribution in [2.45, 2.75) is 151 Å². The number of nitrogens with two attached hydrogens (primary N) is 3. The summed E-state index contributed by atoms with van der Waals surface area (Å²) < 4.78 is 18.3. The van der Waals surface area contributed by atoms with Crippen molar-refractivity contribution in [2.75, 3.05) is 65.1 Å². The molecule has 0 saturated carbocycles. The van der Waals surface area contributed by atoms with Gasteiger partial charge in [-0.15, -0.1) is 5.10 Å². The first-order chi connectivity index (χ1) is 43.8. The molecule has 91 heavy (non-hydrogen) atoms. The van der Waals surface area contributed by atoms with E-state index >= 15 is 0 Å². The summed E-state index contributed by atoms with van der Waals surface area (Å²) >= 11 is 1.85. The number of ether oxygens (including phenoxy) is 3. The van der Waals surface area contributed by atoms with Crippen LogP contribution in [0.1, 0.15) is 88.0 Å². The van der Waals surface area contributed by atoms with Crippen LogP contribution in [0.15, 0.2) is 71.9 Å². The van der Waals surface area contributed by atoms with Crippen molar-refractivity contribution in [2.24, 2.45) is 28.1 Å². The highest BCUT2D eigenvalue weighted by molar-refractivity contribution is 8.00. The van der Waals surface area contributed by atoms with Crippen LogP contribution in [-0.4, -0.2) is 204 Å². The summed E-state index contributed by atoms with van der Waals surface area (Å²) in [5, 5.41) is 43.6. The predicted molar refractivity (Wildman–Crippen MR) is 334 cm³/mol. The number of unbranched alkanes of at least 4 members (excludes halogenated alkanes) is 1. The van der Waals surface area contributed by atoms with Gasteiger partial charge in [0, 0.05) is 68.4 Å². The average molecular weight is 1290 g/mol. The number of ketones is 1. The fourth-order valence-corrected chi connectivity index (χ4v) is 12.0. The van der Waals surface area contributed by atoms with Crippen molar-refractivity contribution in [1.29, 1.82) is 0 Å². The van der Waals surface area contributed by atoms with Gasteiger partial charge in [0.15, 0.2) is 11.7 Å². The number of Topliss-reactive ketones (excluding diaryl/α,β-unsaturated/α-hetero) is 1. The fourth-order valence-electron chi connectivity index (χ4n) is 10.5. The number of rotatable bonds is 27. The highest BCUT2D eigenvalue weighted by atomic mass is 32.2. The number of urea groups is 1. The molecule has 0 unspecified atom stereocenters. The van der Waals surface area contributed by atoms with Crippen LogP contribution in [-0.2, 0) is 83.2 Å². The average Bonchev–Trinajstić information content (AvgIpc) is 2.51. The topological polar surface area (TPSA) is 448 Å². The number of nitrogens with one attached hydrogen (secondary N) is 9. The molecule has 31 heteroatoms. The van der Waals surface area contributed by atoms with E-state index in [4.69, 9.17) is 31.4 Å². The molecule has 0 aliphatic carbocycles. The van der Waals surface area contributed by atoms with Crippen LogP contribution in [0, 0.1) is 5.92 Å². The maximum atomic E-state index is 14.7. The molecular weight excluding hydrogens is 1200 g/mol. The number of amides is 10. The molecule has 2 fully saturated rings. The third-order valence-corrected chi connectivity index (χ3v) is 16.9. The summed E-state index contributed by atoms with van der Waals surface area (Å²) in [6.07, 6.45) is 4.69. The zero-order valence-electron chi connectivity index (χ0n) is 51.3. The number of guanidine groups is 1. The molecule has 10 amide bonds. The van der Waals surface area contributed by atoms with Crippen LogP contribution in [0.25, 0.3) is 0 Å². The molecule has 6 rings (SSSR count). The van der Waals surface area contributed by atoms with E-state index in [1.807, 2.05) is 11.8 Å². The molecule has 3 aromatic rings. The summed E-state index contributed by atoms with van der Waals surface area (Å²) in [5.74, 6) is -6.76. The Morgan fingerprint density at radius 2 is 1.37 bits per heavy atom. The Hall–Kier alpha value is -8.26. The summed E-state index contributed by atoms with van der Waals surface area (Å²) in [5.41, 5.74) is 18.4. The Kier molecular flexibility index (Phi) is 30.3. The maximum Gasteiger partial charge on any atom is 0.315 e. The van der Waals surface area contributed by atoms with Gasteiger partial charge in [0.1, 0.15) is 36.8 Å². The molecule has 0 radical (unpaired) electrons. The van der Waals surface area contributed by atoms with E-state index in [1.54, 1.807) is 66.9 Å². The smallest absolute Gasteiger partial charge is 0.315 e. The minimum absolute atomic E-state index is 0.00452. The van der Waals surface area contributed by atoms with Gasteiger partial charge >= 0.3 is 6.03 Å². The van der Waals surface area contributed by atoms with Gasteiger partial charge in [-0.05, 0) is 69.4 Å². The number of aromatic nitrogens is 3. The second-order valence-corrected chi connectivity index (χ2v) is 23.8. The number of carbonyl (C=O) groups is 10. The Morgan fingerprint density at radius 3 is 2.08 bits per heavy atom. The molecule has 2 bridgehead atoms. The van der Waals surface area contributed by atoms with Gasteiger partial charge < -0.3 is 84.4 Å². The first-order valence-electron chi connectivity index (χ1n) is 30.8. The van der Waals surface area contributed by atoms with Crippen molar-refractivity contribution in [3.63, 3.8) is 0 Å². The first-order valence-corrected chi connectivity index (χ1v) is 31.8. The molecule has 2 aromatic carbocycles. The van der Waals surface area contributed by atoms with E-state index in [1.165, 1.54) is 11.6 Å². The van der Waals surface area contributed by atoms with E-state index < -0.39 is 109 Å². The van der Waals surface area contributed by atoms with Crippen molar-refractivity contribution in [1.82, 2.24) is 62.8 Å². The summed E-state index contributed by atoms with van der Waals surface area (Å²) in [7, 11) is 0. The zero-order chi connectivity index (χ0) is 65.5. The number of fused-ring (bicyclic) bond motifs is 3. The SMILES string of the molecule is C[C@H]1NC(=O)[C@@H](Cc2ccccc2)CC(=O)[C@@H](CCCN=C(N)N)NC(=O)[C@@H](Cc2ccccc2)NC(=O)[C@@H](NC(=O)COCCOCCOCCNC(=O)CCCC[C@@H]2SC[C@@H]3NC(=O)N[C@@H]32)Cc2cn(nn2)CCCC[C@@H](C(N)=O)NC(=O)[C@@H](CO)NC1=O. The molecule has 16 N–H and O–H groups in total. The lowest BCUT2D eigenvalue weighted by molar-refractivity contribution is -0.136.